The third kappa shape index (κ3) is 2.10. The number of nitrogens with one attached hydrogen (secondary N) is 3. The first kappa shape index (κ1) is 9.19. The largest absolute Gasteiger partial charge is 0.366 e. The van der Waals surface area contributed by atoms with Crippen LogP contribution in [0.2, 0.25) is 0 Å². The molecule has 0 aliphatic carbocycles. The van der Waals surface area contributed by atoms with Gasteiger partial charge < -0.3 is 16.0 Å². The van der Waals surface area contributed by atoms with Gasteiger partial charge in [-0.05, 0) is 0 Å². The fourth-order valence-electron chi connectivity index (χ4n) is 1.02. The number of H-pyrrole nitrogens is 2. The van der Waals surface area contributed by atoms with Crippen LogP contribution in [0.15, 0.2) is 12.5 Å². The summed E-state index contributed by atoms with van der Waals surface area (Å²) >= 11 is 0. The lowest BCUT2D eigenvalue weighted by molar-refractivity contribution is 0.0940. The fourth-order valence-corrected chi connectivity index (χ4v) is 1.02. The average molecular weight is 207 g/mol. The van der Waals surface area contributed by atoms with Gasteiger partial charge in [0.05, 0.1) is 18.6 Å². The zero-order valence-corrected chi connectivity index (χ0v) is 7.69. The van der Waals surface area contributed by atoms with Crippen molar-refractivity contribution in [3.8, 4) is 0 Å². The summed E-state index contributed by atoms with van der Waals surface area (Å²) in [6.45, 7) is 0.347. The summed E-state index contributed by atoms with van der Waals surface area (Å²) in [5.41, 5.74) is 6.06. The molecule has 5 N–H and O–H groups in total. The van der Waals surface area contributed by atoms with Crippen molar-refractivity contribution in [2.75, 3.05) is 5.73 Å². The summed E-state index contributed by atoms with van der Waals surface area (Å²) in [5.74, 6) is -0.234. The van der Waals surface area contributed by atoms with E-state index >= 15 is 0 Å². The first-order chi connectivity index (χ1) is 7.25. The lowest BCUT2D eigenvalue weighted by Gasteiger charge is -1.99. The maximum Gasteiger partial charge on any atom is 0.288 e. The number of imidazole rings is 1. The van der Waals surface area contributed by atoms with Crippen LogP contribution in [0.3, 0.4) is 0 Å². The maximum absolute atomic E-state index is 11.4. The van der Waals surface area contributed by atoms with Crippen molar-refractivity contribution < 1.29 is 4.79 Å². The van der Waals surface area contributed by atoms with Crippen LogP contribution >= 0.6 is 0 Å². The molecule has 2 aromatic rings. The van der Waals surface area contributed by atoms with E-state index in [4.69, 9.17) is 5.73 Å². The molecule has 0 bridgehead atoms. The summed E-state index contributed by atoms with van der Waals surface area (Å²) < 4.78 is 0. The molecule has 15 heavy (non-hydrogen) atoms. The Bertz CT molecular complexity index is 446. The number of hydrogen-bond donors (Lipinski definition) is 4. The zero-order chi connectivity index (χ0) is 10.7. The Morgan fingerprint density at radius 2 is 2.47 bits per heavy atom. The molecule has 0 fully saturated rings. The van der Waals surface area contributed by atoms with Gasteiger partial charge in [-0.2, -0.15) is 4.98 Å². The van der Waals surface area contributed by atoms with Crippen molar-refractivity contribution in [1.82, 2.24) is 30.5 Å². The summed E-state index contributed by atoms with van der Waals surface area (Å²) in [5, 5.41) is 8.57. The molecule has 0 unspecified atom stereocenters. The number of carbonyl (C=O) groups is 1. The Morgan fingerprint density at radius 1 is 1.60 bits per heavy atom. The van der Waals surface area contributed by atoms with Crippen molar-refractivity contribution in [1.29, 1.82) is 0 Å². The Labute approximate surface area is 84.3 Å². The predicted octanol–water partition coefficient (Wildman–Crippen LogP) is -0.960. The van der Waals surface area contributed by atoms with Crippen LogP contribution in [0, 0.1) is 0 Å². The molecular formula is C7H9N7O. The molecule has 0 atom stereocenters. The average Bonchev–Trinajstić information content (AvgIpc) is 2.84. The number of amides is 1. The molecule has 2 rings (SSSR count). The normalized spacial score (nSPS) is 10.1. The lowest BCUT2D eigenvalue weighted by atomic mass is 10.4. The number of nitrogens with two attached hydrogens (primary N) is 1. The van der Waals surface area contributed by atoms with Crippen molar-refractivity contribution in [2.24, 2.45) is 0 Å². The SMILES string of the molecule is Nc1n[nH]c(C(=O)NCc2cnc[nH]2)n1. The van der Waals surface area contributed by atoms with E-state index in [9.17, 15) is 4.79 Å². The highest BCUT2D eigenvalue weighted by molar-refractivity contribution is 5.90. The van der Waals surface area contributed by atoms with Gasteiger partial charge in [-0.15, -0.1) is 5.10 Å². The van der Waals surface area contributed by atoms with E-state index in [1.54, 1.807) is 6.20 Å². The summed E-state index contributed by atoms with van der Waals surface area (Å²) in [7, 11) is 0. The number of carbonyl (C=O) groups excluding carboxylic acids is 1. The summed E-state index contributed by atoms with van der Waals surface area (Å²) in [4.78, 5) is 21.8. The van der Waals surface area contributed by atoms with E-state index < -0.39 is 0 Å². The van der Waals surface area contributed by atoms with Gasteiger partial charge in [-0.25, -0.2) is 4.98 Å². The number of aromatic nitrogens is 5. The molecule has 1 amide bonds. The number of nitrogen functional groups attached to an aromatic ring is 1. The van der Waals surface area contributed by atoms with E-state index in [-0.39, 0.29) is 17.7 Å². The molecule has 0 radical (unpaired) electrons. The molecule has 0 aliphatic rings. The van der Waals surface area contributed by atoms with E-state index in [2.05, 4.69) is 30.5 Å². The second-order valence-corrected chi connectivity index (χ2v) is 2.80. The quantitative estimate of drug-likeness (QED) is 0.515. The minimum atomic E-state index is -0.367. The number of nitrogens with zero attached hydrogens (tertiary/aromatic N) is 3. The molecular weight excluding hydrogens is 198 g/mol. The predicted molar refractivity (Wildman–Crippen MR) is 50.6 cm³/mol. The van der Waals surface area contributed by atoms with E-state index in [0.29, 0.717) is 6.54 Å². The van der Waals surface area contributed by atoms with Gasteiger partial charge in [0.25, 0.3) is 5.91 Å². The lowest BCUT2D eigenvalue weighted by Crippen LogP contribution is -2.24. The molecule has 2 aromatic heterocycles. The van der Waals surface area contributed by atoms with Gasteiger partial charge in [-0.1, -0.05) is 0 Å². The number of aromatic amines is 2. The van der Waals surface area contributed by atoms with Crippen LogP contribution in [-0.2, 0) is 6.54 Å². The third-order valence-corrected chi connectivity index (χ3v) is 1.71. The van der Waals surface area contributed by atoms with Crippen LogP contribution in [0.25, 0.3) is 0 Å². The molecule has 8 nitrogen and oxygen atoms in total. The van der Waals surface area contributed by atoms with Crippen molar-refractivity contribution in [2.45, 2.75) is 6.54 Å². The number of hydrogen-bond acceptors (Lipinski definition) is 5. The van der Waals surface area contributed by atoms with E-state index in [1.165, 1.54) is 6.33 Å². The van der Waals surface area contributed by atoms with E-state index in [1.807, 2.05) is 0 Å². The molecule has 0 saturated heterocycles. The van der Waals surface area contributed by atoms with Gasteiger partial charge in [0.2, 0.25) is 11.8 Å². The van der Waals surface area contributed by atoms with Gasteiger partial charge in [0.1, 0.15) is 0 Å². The maximum atomic E-state index is 11.4. The highest BCUT2D eigenvalue weighted by atomic mass is 16.2. The highest BCUT2D eigenvalue weighted by Gasteiger charge is 2.09. The van der Waals surface area contributed by atoms with Crippen LogP contribution in [0.4, 0.5) is 5.95 Å². The summed E-state index contributed by atoms with van der Waals surface area (Å²) in [6, 6.07) is 0. The van der Waals surface area contributed by atoms with Crippen LogP contribution in [0.1, 0.15) is 16.3 Å². The van der Waals surface area contributed by atoms with Crippen LogP contribution < -0.4 is 11.1 Å². The minimum absolute atomic E-state index is 0.0432. The molecule has 8 heteroatoms. The standard InChI is InChI=1S/C7H9N7O/c8-7-12-5(13-14-7)6(15)10-2-4-1-9-3-11-4/h1,3H,2H2,(H,9,11)(H,10,15)(H3,8,12,13,14). The van der Waals surface area contributed by atoms with Gasteiger partial charge in [0.15, 0.2) is 0 Å². The minimum Gasteiger partial charge on any atom is -0.366 e. The number of rotatable bonds is 3. The van der Waals surface area contributed by atoms with Crippen molar-refractivity contribution >= 4 is 11.9 Å². The summed E-state index contributed by atoms with van der Waals surface area (Å²) in [6.07, 6.45) is 3.16. The first-order valence-corrected chi connectivity index (χ1v) is 4.19. The van der Waals surface area contributed by atoms with Gasteiger partial charge >= 0.3 is 0 Å². The van der Waals surface area contributed by atoms with Crippen LogP contribution in [-0.4, -0.2) is 31.1 Å². The Kier molecular flexibility index (Phi) is 2.31. The van der Waals surface area contributed by atoms with Crippen molar-refractivity contribution in [3.05, 3.63) is 24.0 Å². The number of anilines is 1. The molecule has 0 saturated carbocycles. The fraction of sp³-hybridized carbons (Fsp3) is 0.143. The molecule has 0 aliphatic heterocycles. The first-order valence-electron chi connectivity index (χ1n) is 4.19. The molecule has 0 aromatic carbocycles. The van der Waals surface area contributed by atoms with Gasteiger partial charge in [0, 0.05) is 6.20 Å². The molecule has 78 valence electrons. The Balaban J connectivity index is 1.93. The Hall–Kier alpha value is -2.38. The smallest absolute Gasteiger partial charge is 0.288 e. The van der Waals surface area contributed by atoms with Gasteiger partial charge in [-0.3, -0.25) is 9.89 Å². The van der Waals surface area contributed by atoms with E-state index in [0.717, 1.165) is 5.69 Å². The molecule has 0 spiro atoms. The second kappa shape index (κ2) is 3.78. The second-order valence-electron chi connectivity index (χ2n) is 2.80. The highest BCUT2D eigenvalue weighted by Crippen LogP contribution is 1.94. The topological polar surface area (TPSA) is 125 Å². The van der Waals surface area contributed by atoms with Crippen LogP contribution in [0.5, 0.6) is 0 Å². The third-order valence-electron chi connectivity index (χ3n) is 1.71. The Morgan fingerprint density at radius 3 is 3.07 bits per heavy atom. The molecule has 2 heterocycles. The monoisotopic (exact) mass is 207 g/mol. The van der Waals surface area contributed by atoms with Crippen molar-refractivity contribution in [3.63, 3.8) is 0 Å². The zero-order valence-electron chi connectivity index (χ0n) is 7.69.